The van der Waals surface area contributed by atoms with Crippen LogP contribution in [-0.2, 0) is 0 Å². The van der Waals surface area contributed by atoms with E-state index < -0.39 is 0 Å². The minimum atomic E-state index is -0.196. The summed E-state index contributed by atoms with van der Waals surface area (Å²) in [5, 5.41) is 21.5. The van der Waals surface area contributed by atoms with Crippen molar-refractivity contribution in [2.45, 2.75) is 96.8 Å². The number of fused-ring (bicyclic) bond motifs is 7. The second kappa shape index (κ2) is 7.06. The Balaban J connectivity index is 1.32. The molecular weight excluding hydrogens is 370 g/mol. The minimum Gasteiger partial charge on any atom is -0.393 e. The molecule has 0 radical (unpaired) electrons. The predicted molar refractivity (Wildman–Crippen MR) is 120 cm³/mol. The zero-order valence-electron chi connectivity index (χ0n) is 19.4. The Morgan fingerprint density at radius 1 is 0.900 bits per heavy atom. The number of nitrogens with zero attached hydrogens (tertiary/aromatic N) is 1. The lowest BCUT2D eigenvalue weighted by Gasteiger charge is -2.55. The molecule has 2 N–H and O–H groups in total. The Morgan fingerprint density at radius 3 is 2.57 bits per heavy atom. The molecule has 30 heavy (non-hydrogen) atoms. The Hall–Kier alpha value is -0.380. The van der Waals surface area contributed by atoms with Crippen LogP contribution in [0.15, 0.2) is 11.1 Å². The van der Waals surface area contributed by atoms with Crippen LogP contribution in [0, 0.1) is 46.8 Å². The van der Waals surface area contributed by atoms with Crippen molar-refractivity contribution in [3.8, 4) is 0 Å². The van der Waals surface area contributed by atoms with Crippen LogP contribution < -0.4 is 0 Å². The van der Waals surface area contributed by atoms with Crippen LogP contribution in [0.4, 0.5) is 0 Å². The summed E-state index contributed by atoms with van der Waals surface area (Å²) in [5.74, 6) is 4.97. The fourth-order valence-electron chi connectivity index (χ4n) is 9.90. The maximum Gasteiger partial charge on any atom is 0.0577 e. The van der Waals surface area contributed by atoms with Crippen LogP contribution in [0.1, 0.15) is 78.6 Å². The summed E-state index contributed by atoms with van der Waals surface area (Å²) in [7, 11) is 0. The van der Waals surface area contributed by atoms with Gasteiger partial charge in [0, 0.05) is 19.1 Å². The number of aliphatic hydroxyl groups excluding tert-OH is 2. The average molecular weight is 414 g/mol. The molecule has 0 bridgehead atoms. The van der Waals surface area contributed by atoms with Gasteiger partial charge in [0.15, 0.2) is 0 Å². The maximum absolute atomic E-state index is 11.2. The normalized spacial score (nSPS) is 55.9. The molecule has 3 heteroatoms. The van der Waals surface area contributed by atoms with E-state index in [-0.39, 0.29) is 17.6 Å². The van der Waals surface area contributed by atoms with E-state index in [1.165, 1.54) is 45.2 Å². The number of hydrogen-bond donors (Lipinski definition) is 2. The highest BCUT2D eigenvalue weighted by atomic mass is 16.3. The van der Waals surface area contributed by atoms with E-state index in [1.54, 1.807) is 0 Å². The summed E-state index contributed by atoms with van der Waals surface area (Å²) < 4.78 is 0. The SMILES string of the molecule is CC1C2=C(CN3C[C@H](C)CCC13)C1CC3C(C[C@@H](O)C4C[C@@H](O)CC[C@]34C)C1CC2. The van der Waals surface area contributed by atoms with Crippen LogP contribution in [0.5, 0.6) is 0 Å². The van der Waals surface area contributed by atoms with Crippen molar-refractivity contribution in [1.29, 1.82) is 0 Å². The monoisotopic (exact) mass is 413 g/mol. The molecule has 1 saturated heterocycles. The van der Waals surface area contributed by atoms with Gasteiger partial charge in [-0.05, 0) is 105 Å². The van der Waals surface area contributed by atoms with E-state index in [2.05, 4.69) is 25.7 Å². The number of rotatable bonds is 0. The molecule has 0 spiro atoms. The Bertz CT molecular complexity index is 732. The molecule has 0 aromatic rings. The van der Waals surface area contributed by atoms with Gasteiger partial charge < -0.3 is 10.2 Å². The molecule has 4 fully saturated rings. The van der Waals surface area contributed by atoms with Crippen LogP contribution in [0.3, 0.4) is 0 Å². The van der Waals surface area contributed by atoms with Crippen molar-refractivity contribution in [2.75, 3.05) is 13.1 Å². The maximum atomic E-state index is 11.2. The molecule has 0 aromatic carbocycles. The Kier molecular flexibility index (Phi) is 4.76. The van der Waals surface area contributed by atoms with E-state index >= 15 is 0 Å². The first-order chi connectivity index (χ1) is 14.4. The van der Waals surface area contributed by atoms with Gasteiger partial charge in [0.2, 0.25) is 0 Å². The molecule has 168 valence electrons. The van der Waals surface area contributed by atoms with E-state index in [0.717, 1.165) is 61.3 Å². The van der Waals surface area contributed by atoms with Gasteiger partial charge in [-0.25, -0.2) is 0 Å². The van der Waals surface area contributed by atoms with Crippen LogP contribution in [0.2, 0.25) is 0 Å². The van der Waals surface area contributed by atoms with E-state index in [0.29, 0.717) is 11.8 Å². The highest BCUT2D eigenvalue weighted by molar-refractivity contribution is 5.32. The van der Waals surface area contributed by atoms with Gasteiger partial charge >= 0.3 is 0 Å². The van der Waals surface area contributed by atoms with Gasteiger partial charge in [-0.1, -0.05) is 31.9 Å². The predicted octanol–water partition coefficient (Wildman–Crippen LogP) is 4.63. The van der Waals surface area contributed by atoms with Gasteiger partial charge in [0.05, 0.1) is 12.2 Å². The smallest absolute Gasteiger partial charge is 0.0577 e. The number of aliphatic hydroxyl groups is 2. The molecule has 2 heterocycles. The van der Waals surface area contributed by atoms with Crippen molar-refractivity contribution in [3.63, 3.8) is 0 Å². The van der Waals surface area contributed by atoms with Crippen molar-refractivity contribution in [1.82, 2.24) is 4.90 Å². The average Bonchev–Trinajstić information content (AvgIpc) is 3.09. The first kappa shape index (κ1) is 20.2. The number of hydrogen-bond acceptors (Lipinski definition) is 3. The summed E-state index contributed by atoms with van der Waals surface area (Å²) >= 11 is 0. The fraction of sp³-hybridized carbons (Fsp3) is 0.926. The standard InChI is InChI=1S/C27H43NO2/c1-15-4-7-25-16(2)18-5-6-19-20(22(18)14-28(25)13-15)11-23-21(19)12-26(30)24-10-17(29)8-9-27(23,24)3/h15-17,19-21,23-26,29-30H,4-14H2,1-3H3/t15-,16?,17+,19?,20?,21?,23?,24?,25?,26-,27-/m1/s1. The molecule has 2 aliphatic heterocycles. The summed E-state index contributed by atoms with van der Waals surface area (Å²) in [6.07, 6.45) is 10.4. The van der Waals surface area contributed by atoms with E-state index in [9.17, 15) is 10.2 Å². The molecule has 0 aromatic heterocycles. The Labute approximate surface area is 183 Å². The molecule has 6 rings (SSSR count). The zero-order valence-corrected chi connectivity index (χ0v) is 19.4. The molecule has 6 aliphatic rings. The molecule has 7 unspecified atom stereocenters. The van der Waals surface area contributed by atoms with Crippen molar-refractivity contribution >= 4 is 0 Å². The van der Waals surface area contributed by atoms with Crippen molar-refractivity contribution in [2.24, 2.45) is 46.8 Å². The lowest BCUT2D eigenvalue weighted by atomic mass is 9.51. The third-order valence-electron chi connectivity index (χ3n) is 11.4. The van der Waals surface area contributed by atoms with Gasteiger partial charge in [-0.15, -0.1) is 0 Å². The summed E-state index contributed by atoms with van der Waals surface area (Å²) in [4.78, 5) is 2.86. The first-order valence-corrected chi connectivity index (χ1v) is 13.2. The lowest BCUT2D eigenvalue weighted by molar-refractivity contribution is -0.129. The summed E-state index contributed by atoms with van der Waals surface area (Å²) in [6, 6.07) is 0.795. The summed E-state index contributed by atoms with van der Waals surface area (Å²) in [5.41, 5.74) is 3.94. The van der Waals surface area contributed by atoms with E-state index in [1.807, 2.05) is 11.1 Å². The first-order valence-electron chi connectivity index (χ1n) is 13.2. The molecule has 3 nitrogen and oxygen atoms in total. The third-order valence-corrected chi connectivity index (χ3v) is 11.4. The van der Waals surface area contributed by atoms with Gasteiger partial charge in [0.25, 0.3) is 0 Å². The Morgan fingerprint density at radius 2 is 1.73 bits per heavy atom. The van der Waals surface area contributed by atoms with Crippen LogP contribution >= 0.6 is 0 Å². The second-order valence-corrected chi connectivity index (χ2v) is 12.7. The quantitative estimate of drug-likeness (QED) is 0.569. The van der Waals surface area contributed by atoms with Crippen LogP contribution in [0.25, 0.3) is 0 Å². The highest BCUT2D eigenvalue weighted by Gasteiger charge is 2.61. The van der Waals surface area contributed by atoms with Crippen LogP contribution in [-0.4, -0.2) is 46.5 Å². The van der Waals surface area contributed by atoms with Gasteiger partial charge in [-0.3, -0.25) is 4.90 Å². The number of piperidine rings is 1. The van der Waals surface area contributed by atoms with Crippen molar-refractivity contribution in [3.05, 3.63) is 11.1 Å². The summed E-state index contributed by atoms with van der Waals surface area (Å²) in [6.45, 7) is 10.0. The largest absolute Gasteiger partial charge is 0.393 e. The fourth-order valence-corrected chi connectivity index (χ4v) is 9.90. The lowest BCUT2D eigenvalue weighted by Crippen LogP contribution is -2.53. The molecule has 4 aliphatic carbocycles. The minimum absolute atomic E-state index is 0.190. The van der Waals surface area contributed by atoms with Gasteiger partial charge in [-0.2, -0.15) is 0 Å². The molecule has 11 atom stereocenters. The van der Waals surface area contributed by atoms with Crippen molar-refractivity contribution < 1.29 is 10.2 Å². The molecule has 3 saturated carbocycles. The highest BCUT2D eigenvalue weighted by Crippen LogP contribution is 2.66. The topological polar surface area (TPSA) is 43.7 Å². The zero-order chi connectivity index (χ0) is 20.8. The van der Waals surface area contributed by atoms with E-state index in [4.69, 9.17) is 0 Å². The second-order valence-electron chi connectivity index (χ2n) is 12.7. The third kappa shape index (κ3) is 2.80. The molecule has 0 amide bonds. The van der Waals surface area contributed by atoms with Gasteiger partial charge in [0.1, 0.15) is 0 Å². The molecular formula is C27H43NO2.